The van der Waals surface area contributed by atoms with Crippen molar-refractivity contribution in [1.82, 2.24) is 15.0 Å². The van der Waals surface area contributed by atoms with Crippen LogP contribution in [0.15, 0.2) is 29.0 Å². The van der Waals surface area contributed by atoms with Gasteiger partial charge in [0.2, 0.25) is 5.95 Å². The first-order valence-corrected chi connectivity index (χ1v) is 8.15. The predicted molar refractivity (Wildman–Crippen MR) is 92.7 cm³/mol. The highest BCUT2D eigenvalue weighted by molar-refractivity contribution is 9.10. The number of hydrogen-bond acceptors (Lipinski definition) is 6. The molecule has 2 aromatic heterocycles. The summed E-state index contributed by atoms with van der Waals surface area (Å²) < 4.78 is 14.7. The van der Waals surface area contributed by atoms with E-state index in [9.17, 15) is 4.39 Å². The standard InChI is InChI=1S/C15H18BrFN6/c1-21(2)15-18-4-3-13(20-15)22-5-7-23(8-6-22)14-12(17)9-11(16)10-19-14/h3-4,9-10H,5-8H2,1-2H3. The largest absolute Gasteiger partial charge is 0.353 e. The Bertz CT molecular complexity index is 687. The molecule has 0 N–H and O–H groups in total. The highest BCUT2D eigenvalue weighted by atomic mass is 79.9. The van der Waals surface area contributed by atoms with E-state index in [0.717, 1.165) is 18.9 Å². The first-order chi connectivity index (χ1) is 11.0. The minimum Gasteiger partial charge on any atom is -0.353 e. The fraction of sp³-hybridized carbons (Fsp3) is 0.400. The average Bonchev–Trinajstić information content (AvgIpc) is 2.55. The Morgan fingerprint density at radius 2 is 1.83 bits per heavy atom. The van der Waals surface area contributed by atoms with Gasteiger partial charge in [0, 0.05) is 57.1 Å². The van der Waals surface area contributed by atoms with Gasteiger partial charge >= 0.3 is 0 Å². The Morgan fingerprint density at radius 3 is 2.48 bits per heavy atom. The quantitative estimate of drug-likeness (QED) is 0.812. The molecule has 1 fully saturated rings. The van der Waals surface area contributed by atoms with Crippen molar-refractivity contribution in [3.05, 3.63) is 34.8 Å². The molecule has 3 heterocycles. The third kappa shape index (κ3) is 3.52. The van der Waals surface area contributed by atoms with Gasteiger partial charge in [-0.25, -0.2) is 14.4 Å². The predicted octanol–water partition coefficient (Wildman–Crippen LogP) is 2.17. The van der Waals surface area contributed by atoms with Crippen molar-refractivity contribution in [3.63, 3.8) is 0 Å². The Labute approximate surface area is 143 Å². The van der Waals surface area contributed by atoms with Gasteiger partial charge in [0.05, 0.1) is 0 Å². The molecule has 1 saturated heterocycles. The van der Waals surface area contributed by atoms with E-state index < -0.39 is 0 Å². The third-order valence-electron chi connectivity index (χ3n) is 3.72. The summed E-state index contributed by atoms with van der Waals surface area (Å²) in [6.07, 6.45) is 3.39. The zero-order chi connectivity index (χ0) is 16.4. The van der Waals surface area contributed by atoms with Crippen molar-refractivity contribution in [3.8, 4) is 0 Å². The number of nitrogens with zero attached hydrogens (tertiary/aromatic N) is 6. The first-order valence-electron chi connectivity index (χ1n) is 7.36. The molecule has 0 spiro atoms. The lowest BCUT2D eigenvalue weighted by molar-refractivity contribution is 0.586. The molecule has 0 aliphatic carbocycles. The zero-order valence-electron chi connectivity index (χ0n) is 13.1. The number of anilines is 3. The van der Waals surface area contributed by atoms with Crippen LogP contribution >= 0.6 is 15.9 Å². The van der Waals surface area contributed by atoms with Crippen molar-refractivity contribution < 1.29 is 4.39 Å². The summed E-state index contributed by atoms with van der Waals surface area (Å²) in [5.74, 6) is 1.69. The summed E-state index contributed by atoms with van der Waals surface area (Å²) in [6.45, 7) is 2.93. The van der Waals surface area contributed by atoms with Gasteiger partial charge in [-0.3, -0.25) is 0 Å². The molecule has 0 amide bonds. The average molecular weight is 381 g/mol. The van der Waals surface area contributed by atoms with Crippen molar-refractivity contribution >= 4 is 33.5 Å². The Balaban J connectivity index is 1.70. The highest BCUT2D eigenvalue weighted by Crippen LogP contribution is 2.22. The third-order valence-corrected chi connectivity index (χ3v) is 4.15. The molecule has 0 atom stereocenters. The minimum absolute atomic E-state index is 0.301. The second kappa shape index (κ2) is 6.66. The first kappa shape index (κ1) is 15.9. The summed E-state index contributed by atoms with van der Waals surface area (Å²) in [4.78, 5) is 19.0. The summed E-state index contributed by atoms with van der Waals surface area (Å²) >= 11 is 3.23. The fourth-order valence-electron chi connectivity index (χ4n) is 2.52. The van der Waals surface area contributed by atoms with E-state index in [1.807, 2.05) is 30.0 Å². The second-order valence-corrected chi connectivity index (χ2v) is 6.46. The smallest absolute Gasteiger partial charge is 0.226 e. The molecule has 8 heteroatoms. The van der Waals surface area contributed by atoms with E-state index in [4.69, 9.17) is 0 Å². The van der Waals surface area contributed by atoms with Crippen molar-refractivity contribution in [2.24, 2.45) is 0 Å². The molecule has 0 unspecified atom stereocenters. The number of hydrogen-bond donors (Lipinski definition) is 0. The monoisotopic (exact) mass is 380 g/mol. The number of piperazine rings is 1. The SMILES string of the molecule is CN(C)c1nccc(N2CCN(c3ncc(Br)cc3F)CC2)n1. The maximum atomic E-state index is 14.0. The van der Waals surface area contributed by atoms with Crippen LogP contribution in [0, 0.1) is 5.82 Å². The number of halogens is 2. The van der Waals surface area contributed by atoms with Gasteiger partial charge in [-0.2, -0.15) is 4.98 Å². The van der Waals surface area contributed by atoms with Gasteiger partial charge in [0.25, 0.3) is 0 Å². The molecule has 3 rings (SSSR count). The summed E-state index contributed by atoms with van der Waals surface area (Å²) in [5.41, 5.74) is 0. The van der Waals surface area contributed by atoms with E-state index in [1.54, 1.807) is 12.4 Å². The van der Waals surface area contributed by atoms with Gasteiger partial charge in [-0.1, -0.05) is 0 Å². The molecule has 0 aromatic carbocycles. The van der Waals surface area contributed by atoms with Crippen LogP contribution in [0.2, 0.25) is 0 Å². The Hall–Kier alpha value is -1.96. The molecular weight excluding hydrogens is 363 g/mol. The van der Waals surface area contributed by atoms with Crippen LogP contribution in [0.5, 0.6) is 0 Å². The van der Waals surface area contributed by atoms with E-state index in [-0.39, 0.29) is 5.82 Å². The maximum Gasteiger partial charge on any atom is 0.226 e. The molecule has 23 heavy (non-hydrogen) atoms. The van der Waals surface area contributed by atoms with Crippen LogP contribution in [-0.4, -0.2) is 55.2 Å². The molecule has 122 valence electrons. The van der Waals surface area contributed by atoms with Crippen molar-refractivity contribution in [2.45, 2.75) is 0 Å². The lowest BCUT2D eigenvalue weighted by Crippen LogP contribution is -2.47. The van der Waals surface area contributed by atoms with E-state index in [0.29, 0.717) is 29.3 Å². The Kier molecular flexibility index (Phi) is 4.61. The van der Waals surface area contributed by atoms with E-state index in [2.05, 4.69) is 35.8 Å². The van der Waals surface area contributed by atoms with Crippen molar-refractivity contribution in [2.75, 3.05) is 55.0 Å². The summed E-state index contributed by atoms with van der Waals surface area (Å²) in [5, 5.41) is 0. The van der Waals surface area contributed by atoms with Gasteiger partial charge in [0.15, 0.2) is 11.6 Å². The second-order valence-electron chi connectivity index (χ2n) is 5.54. The van der Waals surface area contributed by atoms with Crippen LogP contribution in [0.25, 0.3) is 0 Å². The number of rotatable bonds is 3. The van der Waals surface area contributed by atoms with Gasteiger partial charge in [-0.15, -0.1) is 0 Å². The molecule has 0 bridgehead atoms. The maximum absolute atomic E-state index is 14.0. The summed E-state index contributed by atoms with van der Waals surface area (Å²) in [6, 6.07) is 3.35. The highest BCUT2D eigenvalue weighted by Gasteiger charge is 2.21. The van der Waals surface area contributed by atoms with Gasteiger partial charge in [-0.05, 0) is 28.1 Å². The van der Waals surface area contributed by atoms with Crippen LogP contribution in [0.3, 0.4) is 0 Å². The summed E-state index contributed by atoms with van der Waals surface area (Å²) in [7, 11) is 3.83. The van der Waals surface area contributed by atoms with Gasteiger partial charge < -0.3 is 14.7 Å². The molecule has 0 saturated carbocycles. The number of aromatic nitrogens is 3. The molecule has 1 aliphatic heterocycles. The van der Waals surface area contributed by atoms with Crippen LogP contribution in [0.4, 0.5) is 22.0 Å². The molecule has 6 nitrogen and oxygen atoms in total. The van der Waals surface area contributed by atoms with Crippen LogP contribution < -0.4 is 14.7 Å². The van der Waals surface area contributed by atoms with E-state index >= 15 is 0 Å². The lowest BCUT2D eigenvalue weighted by atomic mass is 10.3. The zero-order valence-corrected chi connectivity index (χ0v) is 14.7. The molecule has 2 aromatic rings. The van der Waals surface area contributed by atoms with E-state index in [1.165, 1.54) is 6.07 Å². The van der Waals surface area contributed by atoms with Crippen LogP contribution in [0.1, 0.15) is 0 Å². The van der Waals surface area contributed by atoms with Gasteiger partial charge in [0.1, 0.15) is 5.82 Å². The molecule has 0 radical (unpaired) electrons. The fourth-order valence-corrected chi connectivity index (χ4v) is 2.82. The normalized spacial score (nSPS) is 15.0. The minimum atomic E-state index is -0.301. The van der Waals surface area contributed by atoms with Crippen molar-refractivity contribution in [1.29, 1.82) is 0 Å². The molecule has 1 aliphatic rings. The lowest BCUT2D eigenvalue weighted by Gasteiger charge is -2.36. The molecular formula is C15H18BrFN6. The Morgan fingerprint density at radius 1 is 1.13 bits per heavy atom. The number of pyridine rings is 1. The topological polar surface area (TPSA) is 48.4 Å². The van der Waals surface area contributed by atoms with Crippen LogP contribution in [-0.2, 0) is 0 Å².